The Balaban J connectivity index is 2.33. The van der Waals surface area contributed by atoms with Gasteiger partial charge < -0.3 is 15.0 Å². The second kappa shape index (κ2) is 4.97. The SMILES string of the molecule is CC(C=O)CN1CCNC(=O)CC1. The average molecular weight is 184 g/mol. The van der Waals surface area contributed by atoms with Crippen LogP contribution in [0.15, 0.2) is 0 Å². The monoisotopic (exact) mass is 184 g/mol. The highest BCUT2D eigenvalue weighted by Gasteiger charge is 2.14. The Kier molecular flexibility index (Phi) is 3.89. The smallest absolute Gasteiger partial charge is 0.221 e. The maximum Gasteiger partial charge on any atom is 0.221 e. The van der Waals surface area contributed by atoms with E-state index >= 15 is 0 Å². The summed E-state index contributed by atoms with van der Waals surface area (Å²) in [6.07, 6.45) is 1.51. The summed E-state index contributed by atoms with van der Waals surface area (Å²) in [6.45, 7) is 4.98. The second-order valence-corrected chi connectivity index (χ2v) is 3.51. The summed E-state index contributed by atoms with van der Waals surface area (Å²) >= 11 is 0. The molecule has 1 aliphatic rings. The predicted molar refractivity (Wildman–Crippen MR) is 49.3 cm³/mol. The van der Waals surface area contributed by atoms with Gasteiger partial charge in [0.15, 0.2) is 0 Å². The first kappa shape index (κ1) is 10.2. The molecular formula is C9H16N2O2. The van der Waals surface area contributed by atoms with Crippen molar-refractivity contribution in [2.24, 2.45) is 5.92 Å². The van der Waals surface area contributed by atoms with Crippen molar-refractivity contribution in [3.8, 4) is 0 Å². The molecule has 1 fully saturated rings. The number of carbonyl (C=O) groups is 2. The number of rotatable bonds is 3. The molecule has 0 aromatic rings. The Labute approximate surface area is 78.3 Å². The highest BCUT2D eigenvalue weighted by Crippen LogP contribution is 2.00. The van der Waals surface area contributed by atoms with Crippen molar-refractivity contribution in [1.29, 1.82) is 0 Å². The van der Waals surface area contributed by atoms with E-state index in [1.165, 1.54) is 0 Å². The number of aldehydes is 1. The van der Waals surface area contributed by atoms with E-state index in [9.17, 15) is 9.59 Å². The van der Waals surface area contributed by atoms with Gasteiger partial charge in [0.1, 0.15) is 6.29 Å². The van der Waals surface area contributed by atoms with Gasteiger partial charge in [-0.15, -0.1) is 0 Å². The normalized spacial score (nSPS) is 21.8. The van der Waals surface area contributed by atoms with Crippen LogP contribution in [0.5, 0.6) is 0 Å². The molecule has 4 nitrogen and oxygen atoms in total. The van der Waals surface area contributed by atoms with Gasteiger partial charge >= 0.3 is 0 Å². The van der Waals surface area contributed by atoms with E-state index in [2.05, 4.69) is 10.2 Å². The molecule has 13 heavy (non-hydrogen) atoms. The van der Waals surface area contributed by atoms with Crippen LogP contribution in [0.4, 0.5) is 0 Å². The lowest BCUT2D eigenvalue weighted by Crippen LogP contribution is -2.32. The van der Waals surface area contributed by atoms with Crippen molar-refractivity contribution in [3.05, 3.63) is 0 Å². The molecule has 1 N–H and O–H groups in total. The number of hydrogen-bond acceptors (Lipinski definition) is 3. The molecule has 1 rings (SSSR count). The molecule has 1 heterocycles. The van der Waals surface area contributed by atoms with Gasteiger partial charge in [-0.1, -0.05) is 6.92 Å². The molecular weight excluding hydrogens is 168 g/mol. The summed E-state index contributed by atoms with van der Waals surface area (Å²) in [7, 11) is 0. The first-order chi connectivity index (χ1) is 6.22. The quantitative estimate of drug-likeness (QED) is 0.610. The van der Waals surface area contributed by atoms with Gasteiger partial charge in [-0.2, -0.15) is 0 Å². The molecule has 0 radical (unpaired) electrons. The van der Waals surface area contributed by atoms with Crippen molar-refractivity contribution < 1.29 is 9.59 Å². The molecule has 4 heteroatoms. The molecule has 0 bridgehead atoms. The van der Waals surface area contributed by atoms with E-state index in [1.807, 2.05) is 6.92 Å². The summed E-state index contributed by atoms with van der Waals surface area (Å²) < 4.78 is 0. The zero-order chi connectivity index (χ0) is 9.68. The Bertz CT molecular complexity index is 194. The molecule has 1 atom stereocenters. The van der Waals surface area contributed by atoms with Crippen molar-refractivity contribution >= 4 is 12.2 Å². The lowest BCUT2D eigenvalue weighted by Gasteiger charge is -2.20. The fourth-order valence-corrected chi connectivity index (χ4v) is 1.45. The maximum absolute atomic E-state index is 11.0. The molecule has 0 saturated carbocycles. The molecule has 0 aromatic heterocycles. The molecule has 1 aliphatic heterocycles. The number of hydrogen-bond donors (Lipinski definition) is 1. The summed E-state index contributed by atoms with van der Waals surface area (Å²) in [5.41, 5.74) is 0. The highest BCUT2D eigenvalue weighted by molar-refractivity contribution is 5.76. The van der Waals surface area contributed by atoms with Gasteiger partial charge in [0.25, 0.3) is 0 Å². The average Bonchev–Trinajstić information content (AvgIpc) is 2.31. The van der Waals surface area contributed by atoms with E-state index in [0.29, 0.717) is 13.0 Å². The van der Waals surface area contributed by atoms with Crippen LogP contribution >= 0.6 is 0 Å². The topological polar surface area (TPSA) is 49.4 Å². The van der Waals surface area contributed by atoms with Crippen molar-refractivity contribution in [3.63, 3.8) is 0 Å². The van der Waals surface area contributed by atoms with E-state index in [4.69, 9.17) is 0 Å². The van der Waals surface area contributed by atoms with Crippen LogP contribution in [0, 0.1) is 5.92 Å². The largest absolute Gasteiger partial charge is 0.355 e. The third-order valence-corrected chi connectivity index (χ3v) is 2.18. The summed E-state index contributed by atoms with van der Waals surface area (Å²) in [4.78, 5) is 23.5. The maximum atomic E-state index is 11.0. The van der Waals surface area contributed by atoms with Crippen LogP contribution in [0.25, 0.3) is 0 Å². The Hall–Kier alpha value is -0.900. The molecule has 0 spiro atoms. The number of nitrogens with one attached hydrogen (secondary N) is 1. The summed E-state index contributed by atoms with van der Waals surface area (Å²) in [5, 5.41) is 2.80. The lowest BCUT2D eigenvalue weighted by atomic mass is 10.2. The number of nitrogens with zero attached hydrogens (tertiary/aromatic N) is 1. The van der Waals surface area contributed by atoms with Gasteiger partial charge in [-0.3, -0.25) is 4.79 Å². The van der Waals surface area contributed by atoms with Gasteiger partial charge in [0.2, 0.25) is 5.91 Å². The van der Waals surface area contributed by atoms with Gasteiger partial charge in [-0.25, -0.2) is 0 Å². The molecule has 1 saturated heterocycles. The van der Waals surface area contributed by atoms with E-state index in [1.54, 1.807) is 0 Å². The first-order valence-electron chi connectivity index (χ1n) is 4.66. The van der Waals surface area contributed by atoms with Crippen LogP contribution < -0.4 is 5.32 Å². The van der Waals surface area contributed by atoms with Crippen molar-refractivity contribution in [1.82, 2.24) is 10.2 Å². The Morgan fingerprint density at radius 1 is 1.62 bits per heavy atom. The fourth-order valence-electron chi connectivity index (χ4n) is 1.45. The minimum atomic E-state index is 0.0632. The highest BCUT2D eigenvalue weighted by atomic mass is 16.1. The van der Waals surface area contributed by atoms with Crippen molar-refractivity contribution in [2.45, 2.75) is 13.3 Å². The minimum absolute atomic E-state index is 0.0632. The molecule has 1 amide bonds. The number of carbonyl (C=O) groups excluding carboxylic acids is 2. The summed E-state index contributed by atoms with van der Waals surface area (Å²) in [6, 6.07) is 0. The van der Waals surface area contributed by atoms with Crippen LogP contribution in [-0.2, 0) is 9.59 Å². The van der Waals surface area contributed by atoms with Crippen LogP contribution in [-0.4, -0.2) is 43.3 Å². The van der Waals surface area contributed by atoms with Gasteiger partial charge in [0, 0.05) is 38.5 Å². The van der Waals surface area contributed by atoms with E-state index in [-0.39, 0.29) is 11.8 Å². The molecule has 74 valence electrons. The standard InChI is InChI=1S/C9H16N2O2/c1-8(7-12)6-11-4-2-9(13)10-3-5-11/h7-8H,2-6H2,1H3,(H,10,13). The predicted octanol–water partition coefficient (Wildman–Crippen LogP) is -0.357. The minimum Gasteiger partial charge on any atom is -0.355 e. The Morgan fingerprint density at radius 3 is 3.08 bits per heavy atom. The lowest BCUT2D eigenvalue weighted by molar-refractivity contribution is -0.120. The molecule has 0 aliphatic carbocycles. The zero-order valence-corrected chi connectivity index (χ0v) is 7.95. The van der Waals surface area contributed by atoms with E-state index < -0.39 is 0 Å². The van der Waals surface area contributed by atoms with E-state index in [0.717, 1.165) is 25.9 Å². The molecule has 0 aromatic carbocycles. The van der Waals surface area contributed by atoms with Crippen molar-refractivity contribution in [2.75, 3.05) is 26.2 Å². The number of amides is 1. The summed E-state index contributed by atoms with van der Waals surface area (Å²) in [5.74, 6) is 0.175. The first-order valence-corrected chi connectivity index (χ1v) is 4.66. The Morgan fingerprint density at radius 2 is 2.38 bits per heavy atom. The third kappa shape index (κ3) is 3.55. The van der Waals surface area contributed by atoms with Gasteiger partial charge in [-0.05, 0) is 0 Å². The zero-order valence-electron chi connectivity index (χ0n) is 7.95. The third-order valence-electron chi connectivity index (χ3n) is 2.18. The van der Waals surface area contributed by atoms with Crippen LogP contribution in [0.3, 0.4) is 0 Å². The molecule has 1 unspecified atom stereocenters. The fraction of sp³-hybridized carbons (Fsp3) is 0.778. The van der Waals surface area contributed by atoms with Gasteiger partial charge in [0.05, 0.1) is 0 Å². The van der Waals surface area contributed by atoms with Crippen LogP contribution in [0.2, 0.25) is 0 Å². The van der Waals surface area contributed by atoms with Crippen LogP contribution in [0.1, 0.15) is 13.3 Å². The second-order valence-electron chi connectivity index (χ2n) is 3.51.